The van der Waals surface area contributed by atoms with E-state index in [4.69, 9.17) is 10.00 Å². The van der Waals surface area contributed by atoms with E-state index < -0.39 is 5.54 Å². The number of benzene rings is 1. The van der Waals surface area contributed by atoms with Crippen LogP contribution in [0.5, 0.6) is 5.75 Å². The lowest BCUT2D eigenvalue weighted by molar-refractivity contribution is 0.272. The molecule has 3 heteroatoms. The second-order valence-electron chi connectivity index (χ2n) is 4.54. The quantitative estimate of drug-likeness (QED) is 0.848. The van der Waals surface area contributed by atoms with E-state index in [1.54, 1.807) is 7.05 Å². The summed E-state index contributed by atoms with van der Waals surface area (Å²) < 4.78 is 5.65. The zero-order valence-electron chi connectivity index (χ0n) is 11.0. The van der Waals surface area contributed by atoms with Gasteiger partial charge in [0.2, 0.25) is 0 Å². The lowest BCUT2D eigenvalue weighted by Gasteiger charge is -2.20. The van der Waals surface area contributed by atoms with Gasteiger partial charge in [-0.1, -0.05) is 6.07 Å². The minimum absolute atomic E-state index is 0.514. The number of hydrogen-bond donors (Lipinski definition) is 1. The van der Waals surface area contributed by atoms with Crippen molar-refractivity contribution in [1.29, 1.82) is 5.26 Å². The van der Waals surface area contributed by atoms with Crippen LogP contribution in [0, 0.1) is 25.2 Å². The maximum Gasteiger partial charge on any atom is 0.119 e. The Hall–Kier alpha value is -1.53. The van der Waals surface area contributed by atoms with Crippen LogP contribution in [0.2, 0.25) is 0 Å². The molecule has 1 aromatic carbocycles. The van der Waals surface area contributed by atoms with Gasteiger partial charge >= 0.3 is 0 Å². The molecule has 1 unspecified atom stereocenters. The van der Waals surface area contributed by atoms with Crippen molar-refractivity contribution < 1.29 is 4.74 Å². The molecule has 1 aromatic rings. The molecule has 0 saturated carbocycles. The summed E-state index contributed by atoms with van der Waals surface area (Å²) in [6.45, 7) is 6.55. The average molecular weight is 232 g/mol. The van der Waals surface area contributed by atoms with Crippen molar-refractivity contribution >= 4 is 0 Å². The molecule has 0 aliphatic carbocycles. The molecular formula is C14H20N2O. The van der Waals surface area contributed by atoms with Crippen molar-refractivity contribution in [3.8, 4) is 11.8 Å². The lowest BCUT2D eigenvalue weighted by Crippen LogP contribution is -2.39. The third kappa shape index (κ3) is 3.76. The summed E-state index contributed by atoms with van der Waals surface area (Å²) in [6.07, 6.45) is 0.660. The monoisotopic (exact) mass is 232 g/mol. The van der Waals surface area contributed by atoms with Crippen LogP contribution < -0.4 is 10.1 Å². The molecule has 0 aromatic heterocycles. The Morgan fingerprint density at radius 3 is 2.59 bits per heavy atom. The first-order valence-corrected chi connectivity index (χ1v) is 5.81. The fourth-order valence-electron chi connectivity index (χ4n) is 1.41. The highest BCUT2D eigenvalue weighted by Gasteiger charge is 2.20. The molecule has 0 fully saturated rings. The number of hydrogen-bond acceptors (Lipinski definition) is 3. The van der Waals surface area contributed by atoms with Gasteiger partial charge in [-0.25, -0.2) is 0 Å². The molecule has 0 radical (unpaired) electrons. The third-order valence-electron chi connectivity index (χ3n) is 3.15. The summed E-state index contributed by atoms with van der Waals surface area (Å²) in [6, 6.07) is 8.28. The number of rotatable bonds is 5. The Kier molecular flexibility index (Phi) is 4.53. The Balaban J connectivity index is 2.52. The smallest absolute Gasteiger partial charge is 0.119 e. The molecular weight excluding hydrogens is 212 g/mol. The van der Waals surface area contributed by atoms with E-state index in [9.17, 15) is 0 Å². The largest absolute Gasteiger partial charge is 0.493 e. The van der Waals surface area contributed by atoms with Crippen molar-refractivity contribution in [2.45, 2.75) is 32.7 Å². The van der Waals surface area contributed by atoms with Gasteiger partial charge in [0, 0.05) is 6.42 Å². The van der Waals surface area contributed by atoms with Crippen molar-refractivity contribution in [3.63, 3.8) is 0 Å². The number of ether oxygens (including phenoxy) is 1. The molecule has 17 heavy (non-hydrogen) atoms. The van der Waals surface area contributed by atoms with E-state index in [2.05, 4.69) is 25.2 Å². The van der Waals surface area contributed by atoms with Crippen LogP contribution in [0.15, 0.2) is 18.2 Å². The average Bonchev–Trinajstić information content (AvgIpc) is 2.33. The molecule has 0 aliphatic rings. The summed E-state index contributed by atoms with van der Waals surface area (Å²) in [4.78, 5) is 0. The van der Waals surface area contributed by atoms with Gasteiger partial charge in [0.25, 0.3) is 0 Å². The highest BCUT2D eigenvalue weighted by molar-refractivity contribution is 5.33. The van der Waals surface area contributed by atoms with Gasteiger partial charge in [0.1, 0.15) is 11.3 Å². The Morgan fingerprint density at radius 2 is 2.06 bits per heavy atom. The lowest BCUT2D eigenvalue weighted by atomic mass is 10.0. The van der Waals surface area contributed by atoms with Crippen molar-refractivity contribution in [2.24, 2.45) is 0 Å². The van der Waals surface area contributed by atoms with Gasteiger partial charge in [-0.15, -0.1) is 0 Å². The first kappa shape index (κ1) is 13.5. The first-order valence-electron chi connectivity index (χ1n) is 5.81. The summed E-state index contributed by atoms with van der Waals surface area (Å²) in [5.74, 6) is 0.865. The van der Waals surface area contributed by atoms with Crippen LogP contribution in [-0.2, 0) is 0 Å². The molecule has 0 saturated heterocycles. The second-order valence-corrected chi connectivity index (χ2v) is 4.54. The summed E-state index contributed by atoms with van der Waals surface area (Å²) >= 11 is 0. The molecule has 0 amide bonds. The molecule has 3 nitrogen and oxygen atoms in total. The van der Waals surface area contributed by atoms with Crippen LogP contribution in [0.25, 0.3) is 0 Å². The summed E-state index contributed by atoms with van der Waals surface area (Å²) in [5.41, 5.74) is 1.97. The van der Waals surface area contributed by atoms with Crippen molar-refractivity contribution in [1.82, 2.24) is 5.32 Å². The fraction of sp³-hybridized carbons (Fsp3) is 0.500. The summed E-state index contributed by atoms with van der Waals surface area (Å²) in [5, 5.41) is 12.0. The summed E-state index contributed by atoms with van der Waals surface area (Å²) in [7, 11) is 1.79. The van der Waals surface area contributed by atoms with Crippen LogP contribution in [0.4, 0.5) is 0 Å². The predicted octanol–water partition coefficient (Wildman–Crippen LogP) is 2.57. The first-order chi connectivity index (χ1) is 8.00. The fourth-order valence-corrected chi connectivity index (χ4v) is 1.41. The van der Waals surface area contributed by atoms with Crippen LogP contribution in [0.3, 0.4) is 0 Å². The maximum atomic E-state index is 8.99. The van der Waals surface area contributed by atoms with Crippen molar-refractivity contribution in [3.05, 3.63) is 29.3 Å². The Labute approximate surface area is 103 Å². The van der Waals surface area contributed by atoms with E-state index in [1.807, 2.05) is 25.1 Å². The standard InChI is InChI=1S/C14H20N2O/c1-11-5-6-13(9-12(11)2)17-8-7-14(3,10-15)16-4/h5-6,9,16H,7-8H2,1-4H3. The third-order valence-corrected chi connectivity index (χ3v) is 3.15. The van der Waals surface area contributed by atoms with E-state index in [-0.39, 0.29) is 0 Å². The van der Waals surface area contributed by atoms with Crippen LogP contribution in [-0.4, -0.2) is 19.2 Å². The van der Waals surface area contributed by atoms with E-state index in [1.165, 1.54) is 11.1 Å². The second kappa shape index (κ2) is 5.70. The van der Waals surface area contributed by atoms with Gasteiger partial charge in [-0.3, -0.25) is 0 Å². The van der Waals surface area contributed by atoms with Crippen LogP contribution >= 0.6 is 0 Å². The molecule has 1 N–H and O–H groups in total. The van der Waals surface area contributed by atoms with E-state index >= 15 is 0 Å². The number of aryl methyl sites for hydroxylation is 2. The SMILES string of the molecule is CNC(C)(C#N)CCOc1ccc(C)c(C)c1. The predicted molar refractivity (Wildman–Crippen MR) is 69.1 cm³/mol. The maximum absolute atomic E-state index is 8.99. The highest BCUT2D eigenvalue weighted by Crippen LogP contribution is 2.17. The Morgan fingerprint density at radius 1 is 1.35 bits per heavy atom. The minimum Gasteiger partial charge on any atom is -0.493 e. The topological polar surface area (TPSA) is 45.0 Å². The van der Waals surface area contributed by atoms with Gasteiger partial charge in [-0.2, -0.15) is 5.26 Å². The molecule has 1 rings (SSSR count). The zero-order valence-corrected chi connectivity index (χ0v) is 11.0. The molecule has 1 atom stereocenters. The minimum atomic E-state index is -0.514. The van der Waals surface area contributed by atoms with Gasteiger partial charge in [0.05, 0.1) is 12.7 Å². The Bertz CT molecular complexity index is 423. The number of nitriles is 1. The van der Waals surface area contributed by atoms with Gasteiger partial charge in [0.15, 0.2) is 0 Å². The molecule has 0 bridgehead atoms. The highest BCUT2D eigenvalue weighted by atomic mass is 16.5. The number of nitrogens with zero attached hydrogens (tertiary/aromatic N) is 1. The van der Waals surface area contributed by atoms with E-state index in [0.717, 1.165) is 5.75 Å². The van der Waals surface area contributed by atoms with Crippen LogP contribution in [0.1, 0.15) is 24.5 Å². The molecule has 0 aliphatic heterocycles. The normalized spacial score (nSPS) is 13.8. The molecule has 0 heterocycles. The molecule has 92 valence electrons. The zero-order chi connectivity index (χ0) is 12.9. The van der Waals surface area contributed by atoms with Crippen molar-refractivity contribution in [2.75, 3.05) is 13.7 Å². The molecule has 0 spiro atoms. The number of nitrogens with one attached hydrogen (secondary N) is 1. The van der Waals surface area contributed by atoms with E-state index in [0.29, 0.717) is 13.0 Å². The van der Waals surface area contributed by atoms with Gasteiger partial charge in [-0.05, 0) is 51.1 Å². The van der Waals surface area contributed by atoms with Gasteiger partial charge < -0.3 is 10.1 Å².